The Balaban J connectivity index is 2.32. The van der Waals surface area contributed by atoms with E-state index in [4.69, 9.17) is 21.5 Å². The largest absolute Gasteiger partial charge is 0.493 e. The third-order valence-electron chi connectivity index (χ3n) is 3.94. The van der Waals surface area contributed by atoms with E-state index in [1.165, 1.54) is 13.2 Å². The van der Waals surface area contributed by atoms with Crippen molar-refractivity contribution in [2.45, 2.75) is 6.04 Å². The number of hydrogen-bond donors (Lipinski definition) is 4. The number of aromatic nitrogens is 1. The Morgan fingerprint density at radius 3 is 2.74 bits per heavy atom. The number of hydrogen-bond acceptors (Lipinski definition) is 9. The van der Waals surface area contributed by atoms with Gasteiger partial charge in [-0.2, -0.15) is 10.5 Å². The van der Waals surface area contributed by atoms with Crippen LogP contribution in [0.4, 0.5) is 21.7 Å². The van der Waals surface area contributed by atoms with Gasteiger partial charge in [-0.3, -0.25) is 5.32 Å². The lowest BCUT2D eigenvalue weighted by Gasteiger charge is -2.27. The summed E-state index contributed by atoms with van der Waals surface area (Å²) in [6, 6.07) is 4.10. The molecule has 1 aliphatic heterocycles. The lowest BCUT2D eigenvalue weighted by Crippen LogP contribution is -2.33. The summed E-state index contributed by atoms with van der Waals surface area (Å²) in [5.41, 5.74) is 12.6. The molecular formula is C16H12BrFN8O. The molecule has 1 unspecified atom stereocenters. The van der Waals surface area contributed by atoms with Crippen LogP contribution in [0.5, 0.6) is 5.75 Å². The van der Waals surface area contributed by atoms with Gasteiger partial charge in [-0.25, -0.2) is 14.4 Å². The van der Waals surface area contributed by atoms with E-state index in [1.807, 2.05) is 6.07 Å². The molecule has 1 aliphatic rings. The summed E-state index contributed by atoms with van der Waals surface area (Å²) in [6.45, 7) is 0. The quantitative estimate of drug-likeness (QED) is 0.415. The van der Waals surface area contributed by atoms with E-state index in [2.05, 4.69) is 36.5 Å². The fourth-order valence-electron chi connectivity index (χ4n) is 2.78. The Morgan fingerprint density at radius 2 is 2.11 bits per heavy atom. The molecule has 2 heterocycles. The number of anilines is 3. The lowest BCUT2D eigenvalue weighted by atomic mass is 9.94. The fourth-order valence-corrected chi connectivity index (χ4v) is 3.09. The smallest absolute Gasteiger partial charge is 0.211 e. The molecule has 1 atom stereocenters. The number of aliphatic imine (C=N–C) groups is 1. The number of methoxy groups -OCH3 is 1. The van der Waals surface area contributed by atoms with Gasteiger partial charge < -0.3 is 21.5 Å². The zero-order valence-corrected chi connectivity index (χ0v) is 15.4. The van der Waals surface area contributed by atoms with Crippen LogP contribution in [-0.2, 0) is 0 Å². The predicted octanol–water partition coefficient (Wildman–Crippen LogP) is 1.97. The van der Waals surface area contributed by atoms with Crippen molar-refractivity contribution >= 4 is 39.2 Å². The molecule has 6 N–H and O–H groups in total. The molecule has 136 valence electrons. The average Bonchev–Trinajstić information content (AvgIpc) is 2.63. The summed E-state index contributed by atoms with van der Waals surface area (Å²) >= 11 is 3.11. The normalized spacial score (nSPS) is 14.9. The van der Waals surface area contributed by atoms with E-state index in [0.717, 1.165) is 0 Å². The Morgan fingerprint density at radius 1 is 1.37 bits per heavy atom. The van der Waals surface area contributed by atoms with E-state index in [1.54, 1.807) is 12.3 Å². The van der Waals surface area contributed by atoms with Crippen LogP contribution >= 0.6 is 15.9 Å². The number of pyridine rings is 1. The molecule has 2 aromatic rings. The standard InChI is InChI=1S/C16H12BrFN8O/c1-27-13-6(2-3-8(17)10(13)18)12-9-11(21)7(4-19)14(22)25-15(9)26-16(24-12)23-5-20/h2-3,12H,1H3,(H6,21,22,23,24,25,26). The summed E-state index contributed by atoms with van der Waals surface area (Å²) in [6.07, 6.45) is 1.74. The third kappa shape index (κ3) is 2.94. The van der Waals surface area contributed by atoms with Gasteiger partial charge in [0, 0.05) is 11.1 Å². The molecule has 0 amide bonds. The van der Waals surface area contributed by atoms with Gasteiger partial charge in [0.25, 0.3) is 0 Å². The van der Waals surface area contributed by atoms with Gasteiger partial charge in [-0.1, -0.05) is 6.07 Å². The molecule has 0 fully saturated rings. The Bertz CT molecular complexity index is 1060. The molecule has 0 saturated heterocycles. The van der Waals surface area contributed by atoms with Crippen molar-refractivity contribution in [2.24, 2.45) is 4.99 Å². The second kappa shape index (κ2) is 6.97. The van der Waals surface area contributed by atoms with Crippen molar-refractivity contribution in [3.8, 4) is 18.0 Å². The molecule has 27 heavy (non-hydrogen) atoms. The zero-order chi connectivity index (χ0) is 19.7. The first-order valence-corrected chi connectivity index (χ1v) is 8.22. The highest BCUT2D eigenvalue weighted by Crippen LogP contribution is 2.44. The molecule has 9 nitrogen and oxygen atoms in total. The third-order valence-corrected chi connectivity index (χ3v) is 4.55. The van der Waals surface area contributed by atoms with E-state index < -0.39 is 11.9 Å². The van der Waals surface area contributed by atoms with E-state index >= 15 is 0 Å². The number of nitrogens with zero attached hydrogens (tertiary/aromatic N) is 4. The predicted molar refractivity (Wildman–Crippen MR) is 100 cm³/mol. The van der Waals surface area contributed by atoms with Crippen LogP contribution < -0.4 is 26.8 Å². The number of guanidine groups is 1. The summed E-state index contributed by atoms with van der Waals surface area (Å²) in [5, 5.41) is 23.4. The van der Waals surface area contributed by atoms with Gasteiger partial charge in [-0.05, 0) is 22.0 Å². The first-order chi connectivity index (χ1) is 12.9. The van der Waals surface area contributed by atoms with Crippen molar-refractivity contribution in [1.29, 1.82) is 10.5 Å². The number of rotatable bonds is 2. The second-order valence-electron chi connectivity index (χ2n) is 5.39. The molecule has 0 aliphatic carbocycles. The van der Waals surface area contributed by atoms with Gasteiger partial charge in [0.1, 0.15) is 29.3 Å². The van der Waals surface area contributed by atoms with Crippen molar-refractivity contribution in [3.05, 3.63) is 39.1 Å². The summed E-state index contributed by atoms with van der Waals surface area (Å²) in [4.78, 5) is 8.51. The maximum absolute atomic E-state index is 14.5. The minimum absolute atomic E-state index is 0.0102. The van der Waals surface area contributed by atoms with E-state index in [-0.39, 0.29) is 39.1 Å². The first-order valence-electron chi connectivity index (χ1n) is 7.43. The minimum atomic E-state index is -0.894. The lowest BCUT2D eigenvalue weighted by molar-refractivity contribution is 0.378. The molecule has 1 aromatic carbocycles. The number of nitrogens with two attached hydrogens (primary N) is 2. The van der Waals surface area contributed by atoms with E-state index in [0.29, 0.717) is 11.1 Å². The van der Waals surface area contributed by atoms with Crippen LogP contribution in [0.2, 0.25) is 0 Å². The summed E-state index contributed by atoms with van der Waals surface area (Å²) < 4.78 is 19.9. The highest BCUT2D eigenvalue weighted by atomic mass is 79.9. The van der Waals surface area contributed by atoms with Gasteiger partial charge in [-0.15, -0.1) is 0 Å². The van der Waals surface area contributed by atoms with E-state index in [9.17, 15) is 9.65 Å². The van der Waals surface area contributed by atoms with Crippen LogP contribution in [0.15, 0.2) is 21.6 Å². The zero-order valence-electron chi connectivity index (χ0n) is 13.8. The Kier molecular flexibility index (Phi) is 4.71. The van der Waals surface area contributed by atoms with Crippen molar-refractivity contribution in [2.75, 3.05) is 23.9 Å². The maximum atomic E-state index is 14.5. The van der Waals surface area contributed by atoms with Crippen molar-refractivity contribution < 1.29 is 9.13 Å². The topological polar surface area (TPSA) is 158 Å². The van der Waals surface area contributed by atoms with Crippen molar-refractivity contribution in [3.63, 3.8) is 0 Å². The van der Waals surface area contributed by atoms with Crippen LogP contribution in [0, 0.1) is 28.6 Å². The highest BCUT2D eigenvalue weighted by molar-refractivity contribution is 9.10. The Hall–Kier alpha value is -3.57. The number of nitrogen functional groups attached to an aromatic ring is 2. The average molecular weight is 431 g/mol. The van der Waals surface area contributed by atoms with Crippen LogP contribution in [0.3, 0.4) is 0 Å². The summed E-state index contributed by atoms with van der Waals surface area (Å²) in [7, 11) is 1.32. The number of fused-ring (bicyclic) bond motifs is 1. The molecule has 11 heteroatoms. The Labute approximate surface area is 161 Å². The summed E-state index contributed by atoms with van der Waals surface area (Å²) in [5.74, 6) is -0.491. The van der Waals surface area contributed by atoms with Crippen molar-refractivity contribution in [1.82, 2.24) is 10.3 Å². The van der Waals surface area contributed by atoms with Crippen LogP contribution in [-0.4, -0.2) is 18.1 Å². The van der Waals surface area contributed by atoms with Crippen LogP contribution in [0.25, 0.3) is 0 Å². The first kappa shape index (κ1) is 18.2. The van der Waals surface area contributed by atoms with Gasteiger partial charge in [0.15, 0.2) is 17.8 Å². The molecule has 0 bridgehead atoms. The molecule has 1 aromatic heterocycles. The van der Waals surface area contributed by atoms with Gasteiger partial charge >= 0.3 is 0 Å². The molecule has 0 spiro atoms. The van der Waals surface area contributed by atoms with Gasteiger partial charge in [0.2, 0.25) is 5.96 Å². The number of benzene rings is 1. The molecular weight excluding hydrogens is 419 g/mol. The number of nitrogens with one attached hydrogen (secondary N) is 2. The fraction of sp³-hybridized carbons (Fsp3) is 0.125. The molecule has 0 radical (unpaired) electrons. The number of nitriles is 2. The van der Waals surface area contributed by atoms with Gasteiger partial charge in [0.05, 0.1) is 17.3 Å². The molecule has 3 rings (SSSR count). The molecule has 0 saturated carbocycles. The minimum Gasteiger partial charge on any atom is -0.493 e. The highest BCUT2D eigenvalue weighted by Gasteiger charge is 2.32. The SMILES string of the molecule is COc1c(C2N=C(NC#N)Nc3nc(N)c(C#N)c(N)c32)ccc(Br)c1F. The number of halogens is 2. The number of ether oxygens (including phenoxy) is 1. The van der Waals surface area contributed by atoms with Crippen LogP contribution in [0.1, 0.15) is 22.7 Å². The monoisotopic (exact) mass is 430 g/mol. The maximum Gasteiger partial charge on any atom is 0.211 e. The second-order valence-corrected chi connectivity index (χ2v) is 6.24.